The standard InChI is InChI=1S/C22H24N2O6/c1-29-22(26)16-12-13-20(19(14-16)24(27)28)30-15-21(25)23(17-8-4-2-5-9-17)18-10-6-3-7-11-18/h2,4-5,8-9,12-14,18H,3,6-7,10-11,15H2,1H3. The topological polar surface area (TPSA) is 99.0 Å². The first kappa shape index (κ1) is 21.3. The molecule has 0 aromatic heterocycles. The zero-order chi connectivity index (χ0) is 21.5. The minimum absolute atomic E-state index is 0.0380. The first-order chi connectivity index (χ1) is 14.5. The van der Waals surface area contributed by atoms with Crippen molar-refractivity contribution in [2.45, 2.75) is 38.1 Å². The Morgan fingerprint density at radius 3 is 2.43 bits per heavy atom. The summed E-state index contributed by atoms with van der Waals surface area (Å²) in [4.78, 5) is 37.2. The van der Waals surface area contributed by atoms with Crippen molar-refractivity contribution in [3.8, 4) is 5.75 Å². The largest absolute Gasteiger partial charge is 0.477 e. The minimum Gasteiger partial charge on any atom is -0.477 e. The SMILES string of the molecule is COC(=O)c1ccc(OCC(=O)N(c2ccccc2)C2CCCCC2)c([N+](=O)[O-])c1. The van der Waals surface area contributed by atoms with Crippen LogP contribution in [0.2, 0.25) is 0 Å². The maximum atomic E-state index is 13.1. The molecule has 1 saturated carbocycles. The van der Waals surface area contributed by atoms with Gasteiger partial charge in [-0.25, -0.2) is 4.79 Å². The van der Waals surface area contributed by atoms with Gasteiger partial charge in [-0.3, -0.25) is 14.9 Å². The normalized spacial score (nSPS) is 14.0. The third-order valence-corrected chi connectivity index (χ3v) is 5.17. The number of anilines is 1. The number of ether oxygens (including phenoxy) is 2. The second-order valence-electron chi connectivity index (χ2n) is 7.11. The summed E-state index contributed by atoms with van der Waals surface area (Å²) in [6.07, 6.45) is 5.09. The summed E-state index contributed by atoms with van der Waals surface area (Å²) >= 11 is 0. The van der Waals surface area contributed by atoms with Crippen LogP contribution in [0.3, 0.4) is 0 Å². The number of benzene rings is 2. The van der Waals surface area contributed by atoms with Crippen molar-refractivity contribution in [3.63, 3.8) is 0 Å². The number of nitro groups is 1. The molecule has 2 aromatic rings. The molecular weight excluding hydrogens is 388 g/mol. The number of nitro benzene ring substituents is 1. The van der Waals surface area contributed by atoms with Gasteiger partial charge in [0.15, 0.2) is 12.4 Å². The fourth-order valence-electron chi connectivity index (χ4n) is 3.72. The van der Waals surface area contributed by atoms with Gasteiger partial charge in [0.1, 0.15) is 0 Å². The third-order valence-electron chi connectivity index (χ3n) is 5.17. The molecular formula is C22H24N2O6. The van der Waals surface area contributed by atoms with Crippen LogP contribution in [0.5, 0.6) is 5.75 Å². The Kier molecular flexibility index (Phi) is 7.00. The lowest BCUT2D eigenvalue weighted by molar-refractivity contribution is -0.385. The van der Waals surface area contributed by atoms with E-state index < -0.39 is 16.6 Å². The average Bonchev–Trinajstić information content (AvgIpc) is 2.78. The molecule has 8 heteroatoms. The molecule has 0 N–H and O–H groups in total. The number of carbonyl (C=O) groups is 2. The first-order valence-electron chi connectivity index (χ1n) is 9.88. The highest BCUT2D eigenvalue weighted by molar-refractivity contribution is 5.95. The zero-order valence-corrected chi connectivity index (χ0v) is 16.8. The molecule has 1 aliphatic rings. The van der Waals surface area contributed by atoms with Crippen molar-refractivity contribution in [2.75, 3.05) is 18.6 Å². The van der Waals surface area contributed by atoms with Crippen LogP contribution < -0.4 is 9.64 Å². The van der Waals surface area contributed by atoms with Crippen LogP contribution in [-0.4, -0.2) is 36.6 Å². The van der Waals surface area contributed by atoms with Gasteiger partial charge in [-0.15, -0.1) is 0 Å². The Hall–Kier alpha value is -3.42. The van der Waals surface area contributed by atoms with Gasteiger partial charge >= 0.3 is 11.7 Å². The van der Waals surface area contributed by atoms with E-state index in [4.69, 9.17) is 4.74 Å². The predicted octanol–water partition coefficient (Wildman–Crippen LogP) is 4.13. The molecule has 1 aliphatic carbocycles. The number of carbonyl (C=O) groups excluding carboxylic acids is 2. The second kappa shape index (κ2) is 9.87. The maximum Gasteiger partial charge on any atom is 0.338 e. The second-order valence-corrected chi connectivity index (χ2v) is 7.11. The molecule has 158 valence electrons. The molecule has 8 nitrogen and oxygen atoms in total. The van der Waals surface area contributed by atoms with Crippen LogP contribution >= 0.6 is 0 Å². The summed E-state index contributed by atoms with van der Waals surface area (Å²) < 4.78 is 10.1. The van der Waals surface area contributed by atoms with E-state index in [-0.39, 0.29) is 29.9 Å². The summed E-state index contributed by atoms with van der Waals surface area (Å²) in [5.41, 5.74) is 0.430. The monoisotopic (exact) mass is 412 g/mol. The van der Waals surface area contributed by atoms with E-state index in [1.54, 1.807) is 4.90 Å². The Balaban J connectivity index is 1.79. The van der Waals surface area contributed by atoms with Crippen molar-refractivity contribution in [3.05, 3.63) is 64.2 Å². The van der Waals surface area contributed by atoms with Crippen LogP contribution in [0.1, 0.15) is 42.5 Å². The van der Waals surface area contributed by atoms with Gasteiger partial charge in [-0.05, 0) is 37.1 Å². The van der Waals surface area contributed by atoms with Crippen molar-refractivity contribution < 1.29 is 24.0 Å². The summed E-state index contributed by atoms with van der Waals surface area (Å²) in [6, 6.07) is 13.2. The molecule has 0 saturated heterocycles. The highest BCUT2D eigenvalue weighted by atomic mass is 16.6. The van der Waals surface area contributed by atoms with Crippen LogP contribution in [-0.2, 0) is 9.53 Å². The number of methoxy groups -OCH3 is 1. The Morgan fingerprint density at radius 2 is 1.80 bits per heavy atom. The molecule has 0 radical (unpaired) electrons. The van der Waals surface area contributed by atoms with E-state index in [0.29, 0.717) is 0 Å². The first-order valence-corrected chi connectivity index (χ1v) is 9.88. The molecule has 30 heavy (non-hydrogen) atoms. The predicted molar refractivity (Wildman–Crippen MR) is 111 cm³/mol. The minimum atomic E-state index is -0.687. The van der Waals surface area contributed by atoms with Crippen molar-refractivity contribution >= 4 is 23.3 Å². The van der Waals surface area contributed by atoms with E-state index in [9.17, 15) is 19.7 Å². The molecule has 3 rings (SSSR count). The van der Waals surface area contributed by atoms with E-state index in [1.807, 2.05) is 30.3 Å². The molecule has 0 spiro atoms. The van der Waals surface area contributed by atoms with E-state index in [1.165, 1.54) is 19.2 Å². The van der Waals surface area contributed by atoms with Gasteiger partial charge in [0.2, 0.25) is 0 Å². The molecule has 1 fully saturated rings. The lowest BCUT2D eigenvalue weighted by Crippen LogP contribution is -2.44. The summed E-state index contributed by atoms with van der Waals surface area (Å²) in [7, 11) is 1.20. The molecule has 0 atom stereocenters. The third kappa shape index (κ3) is 4.94. The van der Waals surface area contributed by atoms with Gasteiger partial charge in [-0.2, -0.15) is 0 Å². The van der Waals surface area contributed by atoms with Crippen molar-refractivity contribution in [1.29, 1.82) is 0 Å². The number of amides is 1. The molecule has 0 bridgehead atoms. The highest BCUT2D eigenvalue weighted by Crippen LogP contribution is 2.30. The molecule has 0 unspecified atom stereocenters. The molecule has 0 aliphatic heterocycles. The number of hydrogen-bond donors (Lipinski definition) is 0. The summed E-state index contributed by atoms with van der Waals surface area (Å²) in [5.74, 6) is -1.02. The number of hydrogen-bond acceptors (Lipinski definition) is 6. The van der Waals surface area contributed by atoms with Crippen LogP contribution in [0.25, 0.3) is 0 Å². The number of para-hydroxylation sites is 1. The van der Waals surface area contributed by atoms with Crippen LogP contribution in [0.4, 0.5) is 11.4 Å². The van der Waals surface area contributed by atoms with Crippen LogP contribution in [0.15, 0.2) is 48.5 Å². The number of esters is 1. The Bertz CT molecular complexity index is 909. The quantitative estimate of drug-likeness (QED) is 0.385. The van der Waals surface area contributed by atoms with Gasteiger partial charge < -0.3 is 14.4 Å². The molecule has 0 heterocycles. The average molecular weight is 412 g/mol. The van der Waals surface area contributed by atoms with Crippen molar-refractivity contribution in [2.24, 2.45) is 0 Å². The zero-order valence-electron chi connectivity index (χ0n) is 16.8. The summed E-state index contributed by atoms with van der Waals surface area (Å²) in [6.45, 7) is -0.343. The van der Waals surface area contributed by atoms with Gasteiger partial charge in [0.25, 0.3) is 5.91 Å². The van der Waals surface area contributed by atoms with E-state index in [0.717, 1.165) is 43.9 Å². The lowest BCUT2D eigenvalue weighted by atomic mass is 9.93. The van der Waals surface area contributed by atoms with Gasteiger partial charge in [-0.1, -0.05) is 37.5 Å². The van der Waals surface area contributed by atoms with E-state index >= 15 is 0 Å². The Labute approximate surface area is 174 Å². The lowest BCUT2D eigenvalue weighted by Gasteiger charge is -2.34. The van der Waals surface area contributed by atoms with Gasteiger partial charge in [0.05, 0.1) is 17.6 Å². The highest BCUT2D eigenvalue weighted by Gasteiger charge is 2.28. The van der Waals surface area contributed by atoms with Crippen LogP contribution in [0, 0.1) is 10.1 Å². The fraction of sp³-hybridized carbons (Fsp3) is 0.364. The smallest absolute Gasteiger partial charge is 0.338 e. The number of rotatable bonds is 7. The maximum absolute atomic E-state index is 13.1. The summed E-state index contributed by atoms with van der Waals surface area (Å²) in [5, 5.41) is 11.4. The van der Waals surface area contributed by atoms with Gasteiger partial charge in [0, 0.05) is 17.8 Å². The van der Waals surface area contributed by atoms with Crippen molar-refractivity contribution in [1.82, 2.24) is 0 Å². The van der Waals surface area contributed by atoms with E-state index in [2.05, 4.69) is 4.74 Å². The number of nitrogens with zero attached hydrogens (tertiary/aromatic N) is 2. The molecule has 1 amide bonds. The molecule has 2 aromatic carbocycles. The fourth-order valence-corrected chi connectivity index (χ4v) is 3.72. The Morgan fingerprint density at radius 1 is 1.10 bits per heavy atom.